The minimum atomic E-state index is -1.35. The van der Waals surface area contributed by atoms with E-state index < -0.39 is 30.9 Å². The summed E-state index contributed by atoms with van der Waals surface area (Å²) >= 11 is 0. The predicted octanol–water partition coefficient (Wildman–Crippen LogP) is 0.907. The quantitative estimate of drug-likeness (QED) is 0.420. The van der Waals surface area contributed by atoms with Gasteiger partial charge in [0.15, 0.2) is 6.61 Å². The molecule has 0 aliphatic rings. The molecule has 7 heteroatoms. The molecule has 1 atom stereocenters. The minimum absolute atomic E-state index is 0.125. The van der Waals surface area contributed by atoms with Gasteiger partial charge in [-0.15, -0.1) is 0 Å². The van der Waals surface area contributed by atoms with Gasteiger partial charge >= 0.3 is 18.0 Å². The molecule has 0 heterocycles. The molecule has 106 valence electrons. The molecule has 1 N–H and O–H groups in total. The van der Waals surface area contributed by atoms with Gasteiger partial charge in [0.1, 0.15) is 0 Å². The van der Waals surface area contributed by atoms with Crippen molar-refractivity contribution in [1.82, 2.24) is 5.32 Å². The zero-order chi connectivity index (χ0) is 14.8. The minimum Gasteiger partial charge on any atom is -0.455 e. The summed E-state index contributed by atoms with van der Waals surface area (Å²) in [5.74, 6) is -1.49. The van der Waals surface area contributed by atoms with E-state index in [-0.39, 0.29) is 5.57 Å². The number of carbonyl (C=O) groups is 3. The lowest BCUT2D eigenvalue weighted by Gasteiger charge is -2.17. The van der Waals surface area contributed by atoms with E-state index in [1.165, 1.54) is 6.92 Å². The van der Waals surface area contributed by atoms with Gasteiger partial charge in [-0.1, -0.05) is 13.2 Å². The van der Waals surface area contributed by atoms with Crippen molar-refractivity contribution in [2.45, 2.75) is 20.1 Å². The van der Waals surface area contributed by atoms with Gasteiger partial charge in [-0.25, -0.2) is 14.4 Å². The van der Waals surface area contributed by atoms with Crippen LogP contribution < -0.4 is 5.32 Å². The van der Waals surface area contributed by atoms with Gasteiger partial charge in [-0.3, -0.25) is 0 Å². The first kappa shape index (κ1) is 16.7. The van der Waals surface area contributed by atoms with E-state index in [0.29, 0.717) is 6.54 Å². The molecule has 1 unspecified atom stereocenters. The van der Waals surface area contributed by atoms with Crippen molar-refractivity contribution in [2.24, 2.45) is 0 Å². The van der Waals surface area contributed by atoms with Crippen LogP contribution in [0.3, 0.4) is 0 Å². The van der Waals surface area contributed by atoms with Gasteiger partial charge in [0.2, 0.25) is 0 Å². The first-order valence-corrected chi connectivity index (χ1v) is 5.50. The second-order valence-corrected chi connectivity index (χ2v) is 3.38. The molecule has 1 amide bonds. The first-order valence-electron chi connectivity index (χ1n) is 5.50. The highest BCUT2D eigenvalue weighted by Crippen LogP contribution is 2.02. The molecule has 0 saturated heterocycles. The Bertz CT molecular complexity index is 376. The van der Waals surface area contributed by atoms with E-state index in [1.807, 2.05) is 0 Å². The maximum absolute atomic E-state index is 11.3. The maximum Gasteiger partial charge on any atom is 0.410 e. The van der Waals surface area contributed by atoms with Crippen LogP contribution in [0, 0.1) is 0 Å². The number of alkyl carbamates (subject to hydrolysis) is 1. The molecule has 0 spiro atoms. The summed E-state index contributed by atoms with van der Waals surface area (Å²) in [5, 5.41) is 2.34. The lowest BCUT2D eigenvalue weighted by molar-refractivity contribution is -0.176. The second-order valence-electron chi connectivity index (χ2n) is 3.38. The number of hydrogen-bond donors (Lipinski definition) is 1. The Kier molecular flexibility index (Phi) is 7.67. The molecular formula is C12H17NO6. The molecule has 0 aromatic carbocycles. The summed E-state index contributed by atoms with van der Waals surface area (Å²) < 4.78 is 14.2. The van der Waals surface area contributed by atoms with Crippen molar-refractivity contribution in [3.8, 4) is 0 Å². The van der Waals surface area contributed by atoms with Gasteiger partial charge in [-0.05, 0) is 13.8 Å². The first-order chi connectivity index (χ1) is 8.90. The molecule has 0 bridgehead atoms. The summed E-state index contributed by atoms with van der Waals surface area (Å²) in [4.78, 5) is 33.4. The molecular weight excluding hydrogens is 254 g/mol. The fourth-order valence-corrected chi connectivity index (χ4v) is 0.827. The average Bonchev–Trinajstić information content (AvgIpc) is 2.35. The normalized spacial score (nSPS) is 10.8. The van der Waals surface area contributed by atoms with Crippen molar-refractivity contribution in [3.63, 3.8) is 0 Å². The number of ether oxygens (including phenoxy) is 3. The largest absolute Gasteiger partial charge is 0.455 e. The Labute approximate surface area is 111 Å². The Morgan fingerprint density at radius 2 is 1.95 bits per heavy atom. The lowest BCUT2D eigenvalue weighted by atomic mass is 10.4. The fraction of sp³-hybridized carbons (Fsp3) is 0.417. The number of hydrogen-bond acceptors (Lipinski definition) is 6. The van der Waals surface area contributed by atoms with E-state index >= 15 is 0 Å². The third-order valence-corrected chi connectivity index (χ3v) is 1.67. The molecule has 0 aliphatic carbocycles. The number of carbonyl (C=O) groups excluding carboxylic acids is 3. The number of esters is 2. The fourth-order valence-electron chi connectivity index (χ4n) is 0.827. The van der Waals surface area contributed by atoms with Gasteiger partial charge < -0.3 is 19.5 Å². The van der Waals surface area contributed by atoms with Crippen LogP contribution in [0.5, 0.6) is 0 Å². The number of amides is 1. The van der Waals surface area contributed by atoms with Crippen LogP contribution in [0.4, 0.5) is 4.79 Å². The van der Waals surface area contributed by atoms with Gasteiger partial charge in [0.05, 0.1) is 0 Å². The van der Waals surface area contributed by atoms with Gasteiger partial charge in [0.25, 0.3) is 6.29 Å². The SMILES string of the molecule is C=CC(=O)OCC(OC(=O)NCC)OC(=O)C(=C)C. The molecule has 0 aromatic heterocycles. The van der Waals surface area contributed by atoms with Crippen LogP contribution in [-0.2, 0) is 23.8 Å². The van der Waals surface area contributed by atoms with E-state index in [9.17, 15) is 14.4 Å². The van der Waals surface area contributed by atoms with Crippen molar-refractivity contribution in [3.05, 3.63) is 24.8 Å². The Balaban J connectivity index is 4.49. The van der Waals surface area contributed by atoms with Gasteiger partial charge in [-0.2, -0.15) is 0 Å². The third kappa shape index (κ3) is 7.58. The molecule has 0 fully saturated rings. The zero-order valence-corrected chi connectivity index (χ0v) is 10.9. The summed E-state index contributed by atoms with van der Waals surface area (Å²) in [6, 6.07) is 0. The van der Waals surface area contributed by atoms with Crippen LogP contribution in [0.15, 0.2) is 24.8 Å². The molecule has 0 aliphatic heterocycles. The smallest absolute Gasteiger partial charge is 0.410 e. The van der Waals surface area contributed by atoms with E-state index in [1.54, 1.807) is 6.92 Å². The third-order valence-electron chi connectivity index (χ3n) is 1.67. The molecule has 0 rings (SSSR count). The Morgan fingerprint density at radius 1 is 1.32 bits per heavy atom. The standard InChI is InChI=1S/C12H17NO6/c1-5-9(14)17-7-10(18-11(15)8(3)4)19-12(16)13-6-2/h5,10H,1,3,6-7H2,2,4H3,(H,13,16). The Morgan fingerprint density at radius 3 is 2.42 bits per heavy atom. The van der Waals surface area contributed by atoms with Crippen LogP contribution in [-0.4, -0.2) is 37.5 Å². The predicted molar refractivity (Wildman–Crippen MR) is 66.0 cm³/mol. The van der Waals surface area contributed by atoms with Crippen LogP contribution in [0.25, 0.3) is 0 Å². The highest BCUT2D eigenvalue weighted by molar-refractivity contribution is 5.87. The van der Waals surface area contributed by atoms with E-state index in [4.69, 9.17) is 9.47 Å². The average molecular weight is 271 g/mol. The van der Waals surface area contributed by atoms with Gasteiger partial charge in [0, 0.05) is 18.2 Å². The molecule has 7 nitrogen and oxygen atoms in total. The van der Waals surface area contributed by atoms with E-state index in [2.05, 4.69) is 23.2 Å². The molecule has 0 radical (unpaired) electrons. The number of rotatable bonds is 7. The molecule has 19 heavy (non-hydrogen) atoms. The van der Waals surface area contributed by atoms with Crippen LogP contribution in [0.2, 0.25) is 0 Å². The van der Waals surface area contributed by atoms with Crippen molar-refractivity contribution < 1.29 is 28.6 Å². The van der Waals surface area contributed by atoms with Crippen molar-refractivity contribution >= 4 is 18.0 Å². The van der Waals surface area contributed by atoms with Crippen LogP contribution >= 0.6 is 0 Å². The summed E-state index contributed by atoms with van der Waals surface area (Å²) in [5.41, 5.74) is 0.125. The summed E-state index contributed by atoms with van der Waals surface area (Å²) in [6.45, 7) is 9.61. The highest BCUT2D eigenvalue weighted by Gasteiger charge is 2.20. The topological polar surface area (TPSA) is 90.9 Å². The molecule has 0 aromatic rings. The summed E-state index contributed by atoms with van der Waals surface area (Å²) in [7, 11) is 0. The van der Waals surface area contributed by atoms with Crippen molar-refractivity contribution in [2.75, 3.05) is 13.2 Å². The second kappa shape index (κ2) is 8.73. The lowest BCUT2D eigenvalue weighted by Crippen LogP contribution is -2.34. The molecule has 0 saturated carbocycles. The monoisotopic (exact) mass is 271 g/mol. The van der Waals surface area contributed by atoms with Crippen LogP contribution in [0.1, 0.15) is 13.8 Å². The van der Waals surface area contributed by atoms with Crippen molar-refractivity contribution in [1.29, 1.82) is 0 Å². The zero-order valence-electron chi connectivity index (χ0n) is 10.9. The Hall–Kier alpha value is -2.31. The maximum atomic E-state index is 11.3. The highest BCUT2D eigenvalue weighted by atomic mass is 16.7. The summed E-state index contributed by atoms with van der Waals surface area (Å²) in [6.07, 6.45) is -1.21. The number of nitrogens with one attached hydrogen (secondary N) is 1. The van der Waals surface area contributed by atoms with E-state index in [0.717, 1.165) is 6.08 Å².